The molecule has 25 heavy (non-hydrogen) atoms. The van der Waals surface area contributed by atoms with Gasteiger partial charge in [-0.3, -0.25) is 9.59 Å². The van der Waals surface area contributed by atoms with E-state index in [0.717, 1.165) is 15.9 Å². The van der Waals surface area contributed by atoms with E-state index in [1.165, 1.54) is 6.92 Å². The standard InChI is InChI=1S/C19H16BrN3O2/c1-12-18(11-21-23(12)17-9-5-15(20)6-10-17)19(25)22-16-7-3-14(4-8-16)13(2)24/h3-11H,1-2H3,(H,22,25). The molecule has 126 valence electrons. The molecule has 0 saturated carbocycles. The monoisotopic (exact) mass is 397 g/mol. The van der Waals surface area contributed by atoms with E-state index >= 15 is 0 Å². The van der Waals surface area contributed by atoms with Gasteiger partial charge in [-0.1, -0.05) is 15.9 Å². The molecule has 0 aliphatic rings. The van der Waals surface area contributed by atoms with E-state index in [1.807, 2.05) is 31.2 Å². The molecular formula is C19H16BrN3O2. The third-order valence-corrected chi connectivity index (χ3v) is 4.40. The minimum absolute atomic E-state index is 0.00973. The van der Waals surface area contributed by atoms with Crippen LogP contribution in [0.5, 0.6) is 0 Å². The van der Waals surface area contributed by atoms with Crippen molar-refractivity contribution in [1.82, 2.24) is 9.78 Å². The molecule has 3 rings (SSSR count). The van der Waals surface area contributed by atoms with Gasteiger partial charge in [-0.05, 0) is 62.4 Å². The van der Waals surface area contributed by atoms with Crippen LogP contribution in [-0.2, 0) is 0 Å². The molecule has 2 aromatic carbocycles. The fraction of sp³-hybridized carbons (Fsp3) is 0.105. The fourth-order valence-corrected chi connectivity index (χ4v) is 2.73. The van der Waals surface area contributed by atoms with E-state index in [9.17, 15) is 9.59 Å². The van der Waals surface area contributed by atoms with Crippen molar-refractivity contribution in [3.8, 4) is 5.69 Å². The molecule has 3 aromatic rings. The lowest BCUT2D eigenvalue weighted by Crippen LogP contribution is -2.13. The summed E-state index contributed by atoms with van der Waals surface area (Å²) < 4.78 is 2.70. The summed E-state index contributed by atoms with van der Waals surface area (Å²) in [6, 6.07) is 14.5. The minimum Gasteiger partial charge on any atom is -0.322 e. The van der Waals surface area contributed by atoms with Crippen molar-refractivity contribution in [3.05, 3.63) is 76.0 Å². The molecule has 0 fully saturated rings. The number of ketones is 1. The van der Waals surface area contributed by atoms with Crippen LogP contribution >= 0.6 is 15.9 Å². The Balaban J connectivity index is 1.81. The van der Waals surface area contributed by atoms with Crippen LogP contribution in [0.2, 0.25) is 0 Å². The smallest absolute Gasteiger partial charge is 0.259 e. The Labute approximate surface area is 153 Å². The van der Waals surface area contributed by atoms with Crippen molar-refractivity contribution in [2.45, 2.75) is 13.8 Å². The van der Waals surface area contributed by atoms with Gasteiger partial charge in [0.25, 0.3) is 5.91 Å². The van der Waals surface area contributed by atoms with Gasteiger partial charge in [0.1, 0.15) is 0 Å². The summed E-state index contributed by atoms with van der Waals surface area (Å²) >= 11 is 3.40. The molecule has 0 saturated heterocycles. The first-order valence-corrected chi connectivity index (χ1v) is 8.48. The maximum absolute atomic E-state index is 12.5. The van der Waals surface area contributed by atoms with Gasteiger partial charge < -0.3 is 5.32 Å². The van der Waals surface area contributed by atoms with Gasteiger partial charge in [0.2, 0.25) is 0 Å². The number of benzene rings is 2. The highest BCUT2D eigenvalue weighted by Crippen LogP contribution is 2.18. The molecule has 1 aromatic heterocycles. The van der Waals surface area contributed by atoms with Crippen molar-refractivity contribution in [1.29, 1.82) is 0 Å². The zero-order valence-corrected chi connectivity index (χ0v) is 15.4. The number of anilines is 1. The minimum atomic E-state index is -0.239. The Bertz CT molecular complexity index is 928. The average molecular weight is 398 g/mol. The van der Waals surface area contributed by atoms with E-state index in [-0.39, 0.29) is 11.7 Å². The summed E-state index contributed by atoms with van der Waals surface area (Å²) in [5.74, 6) is -0.249. The largest absolute Gasteiger partial charge is 0.322 e. The number of carbonyl (C=O) groups excluding carboxylic acids is 2. The summed E-state index contributed by atoms with van der Waals surface area (Å²) in [6.45, 7) is 3.36. The first kappa shape index (κ1) is 17.1. The van der Waals surface area contributed by atoms with E-state index in [4.69, 9.17) is 0 Å². The van der Waals surface area contributed by atoms with Gasteiger partial charge >= 0.3 is 0 Å². The molecule has 0 unspecified atom stereocenters. The highest BCUT2D eigenvalue weighted by Gasteiger charge is 2.15. The summed E-state index contributed by atoms with van der Waals surface area (Å²) in [6.07, 6.45) is 1.55. The summed E-state index contributed by atoms with van der Waals surface area (Å²) in [5.41, 5.74) is 3.37. The number of rotatable bonds is 4. The van der Waals surface area contributed by atoms with Crippen LogP contribution in [0.1, 0.15) is 33.3 Å². The van der Waals surface area contributed by atoms with Gasteiger partial charge in [-0.15, -0.1) is 0 Å². The Morgan fingerprint density at radius 3 is 2.28 bits per heavy atom. The number of carbonyl (C=O) groups is 2. The lowest BCUT2D eigenvalue weighted by atomic mass is 10.1. The third kappa shape index (κ3) is 3.69. The Morgan fingerprint density at radius 1 is 1.04 bits per heavy atom. The second-order valence-corrected chi connectivity index (χ2v) is 6.54. The van der Waals surface area contributed by atoms with Crippen LogP contribution < -0.4 is 5.32 Å². The Kier molecular flexibility index (Phi) is 4.81. The first-order chi connectivity index (χ1) is 12.0. The second-order valence-electron chi connectivity index (χ2n) is 5.62. The van der Waals surface area contributed by atoms with E-state index in [0.29, 0.717) is 16.8 Å². The molecule has 0 bridgehead atoms. The maximum Gasteiger partial charge on any atom is 0.259 e. The van der Waals surface area contributed by atoms with Crippen molar-refractivity contribution in [2.75, 3.05) is 5.32 Å². The topological polar surface area (TPSA) is 64.0 Å². The summed E-state index contributed by atoms with van der Waals surface area (Å²) in [4.78, 5) is 23.8. The van der Waals surface area contributed by atoms with Crippen LogP contribution in [0.15, 0.2) is 59.2 Å². The molecule has 0 radical (unpaired) electrons. The SMILES string of the molecule is CC(=O)c1ccc(NC(=O)c2cnn(-c3ccc(Br)cc3)c2C)cc1. The van der Waals surface area contributed by atoms with Gasteiger partial charge in [0.05, 0.1) is 23.1 Å². The molecule has 6 heteroatoms. The average Bonchev–Trinajstić information content (AvgIpc) is 2.98. The predicted molar refractivity (Wildman–Crippen MR) is 100 cm³/mol. The number of nitrogens with one attached hydrogen (secondary N) is 1. The molecule has 0 aliphatic heterocycles. The number of halogens is 1. The fourth-order valence-electron chi connectivity index (χ4n) is 2.46. The zero-order chi connectivity index (χ0) is 18.0. The first-order valence-electron chi connectivity index (χ1n) is 7.68. The molecule has 5 nitrogen and oxygen atoms in total. The number of Topliss-reactive ketones (excluding diaryl/α,β-unsaturated/α-hetero) is 1. The van der Waals surface area contributed by atoms with Crippen LogP contribution in [0.4, 0.5) is 5.69 Å². The zero-order valence-electron chi connectivity index (χ0n) is 13.8. The molecule has 1 amide bonds. The van der Waals surface area contributed by atoms with Crippen molar-refractivity contribution in [3.63, 3.8) is 0 Å². The summed E-state index contributed by atoms with van der Waals surface area (Å²) in [7, 11) is 0. The van der Waals surface area contributed by atoms with Crippen LogP contribution in [-0.4, -0.2) is 21.5 Å². The van der Waals surface area contributed by atoms with E-state index in [1.54, 1.807) is 35.1 Å². The van der Waals surface area contributed by atoms with E-state index in [2.05, 4.69) is 26.3 Å². The van der Waals surface area contributed by atoms with Gasteiger partial charge in [-0.2, -0.15) is 5.10 Å². The van der Waals surface area contributed by atoms with Crippen molar-refractivity contribution in [2.24, 2.45) is 0 Å². The van der Waals surface area contributed by atoms with Crippen LogP contribution in [0, 0.1) is 6.92 Å². The molecule has 1 heterocycles. The Hall–Kier alpha value is -2.73. The second kappa shape index (κ2) is 7.03. The highest BCUT2D eigenvalue weighted by molar-refractivity contribution is 9.10. The van der Waals surface area contributed by atoms with Gasteiger partial charge in [0, 0.05) is 15.7 Å². The maximum atomic E-state index is 12.5. The molecule has 0 atom stereocenters. The number of hydrogen-bond donors (Lipinski definition) is 1. The number of nitrogens with zero attached hydrogens (tertiary/aromatic N) is 2. The van der Waals surface area contributed by atoms with Gasteiger partial charge in [-0.25, -0.2) is 4.68 Å². The summed E-state index contributed by atoms with van der Waals surface area (Å²) in [5, 5.41) is 7.14. The predicted octanol–water partition coefficient (Wildman–Crippen LogP) is 4.40. The van der Waals surface area contributed by atoms with Crippen molar-refractivity contribution >= 4 is 33.3 Å². The number of amides is 1. The Morgan fingerprint density at radius 2 is 1.68 bits per heavy atom. The molecule has 0 aliphatic carbocycles. The number of hydrogen-bond acceptors (Lipinski definition) is 3. The lowest BCUT2D eigenvalue weighted by molar-refractivity contribution is 0.101. The van der Waals surface area contributed by atoms with Crippen molar-refractivity contribution < 1.29 is 9.59 Å². The van der Waals surface area contributed by atoms with Gasteiger partial charge in [0.15, 0.2) is 5.78 Å². The quantitative estimate of drug-likeness (QED) is 0.663. The normalized spacial score (nSPS) is 10.5. The van der Waals surface area contributed by atoms with E-state index < -0.39 is 0 Å². The lowest BCUT2D eigenvalue weighted by Gasteiger charge is -2.07. The molecule has 1 N–H and O–H groups in total. The highest BCUT2D eigenvalue weighted by atomic mass is 79.9. The van der Waals surface area contributed by atoms with Crippen LogP contribution in [0.3, 0.4) is 0 Å². The third-order valence-electron chi connectivity index (χ3n) is 3.87. The molecule has 0 spiro atoms. The number of aromatic nitrogens is 2. The molecular weight excluding hydrogens is 382 g/mol. The van der Waals surface area contributed by atoms with Crippen LogP contribution in [0.25, 0.3) is 5.69 Å².